The Bertz CT molecular complexity index is 987. The number of carbonyl (C=O) groups excluding carboxylic acids is 2. The summed E-state index contributed by atoms with van der Waals surface area (Å²) in [5.74, 6) is -0.356. The number of benzene rings is 2. The number of rotatable bonds is 5. The first kappa shape index (κ1) is 18.9. The molecule has 142 valence electrons. The minimum absolute atomic E-state index is 0.0870. The molecule has 1 N–H and O–H groups in total. The zero-order valence-corrected chi connectivity index (χ0v) is 15.8. The van der Waals surface area contributed by atoms with Crippen molar-refractivity contribution in [3.8, 4) is 5.75 Å². The minimum Gasteiger partial charge on any atom is -0.476 e. The van der Waals surface area contributed by atoms with Gasteiger partial charge in [0.25, 0.3) is 5.91 Å². The second-order valence-corrected chi connectivity index (χ2v) is 8.31. The van der Waals surface area contributed by atoms with Gasteiger partial charge in [-0.15, -0.1) is 0 Å². The lowest BCUT2D eigenvalue weighted by Gasteiger charge is -2.34. The fourth-order valence-electron chi connectivity index (χ4n) is 2.80. The number of amides is 1. The molecule has 0 saturated heterocycles. The molecule has 3 rings (SSSR count). The normalized spacial score (nSPS) is 16.2. The topological polar surface area (TPSA) is 92.8 Å². The summed E-state index contributed by atoms with van der Waals surface area (Å²) in [5, 5.41) is 2.69. The molecule has 0 radical (unpaired) electrons. The smallest absolute Gasteiger partial charge is 0.267 e. The summed E-state index contributed by atoms with van der Waals surface area (Å²) in [6.07, 6.45) is -1.01. The third kappa shape index (κ3) is 3.95. The van der Waals surface area contributed by atoms with Crippen LogP contribution in [0.3, 0.4) is 0 Å². The van der Waals surface area contributed by atoms with Gasteiger partial charge >= 0.3 is 0 Å². The van der Waals surface area contributed by atoms with E-state index in [1.54, 1.807) is 55.5 Å². The predicted octanol–water partition coefficient (Wildman–Crippen LogP) is 2.45. The summed E-state index contributed by atoms with van der Waals surface area (Å²) in [4.78, 5) is 24.2. The van der Waals surface area contributed by atoms with Gasteiger partial charge < -0.3 is 10.1 Å². The number of fused-ring (bicyclic) bond motifs is 1. The van der Waals surface area contributed by atoms with Gasteiger partial charge in [0.05, 0.1) is 18.0 Å². The quantitative estimate of drug-likeness (QED) is 0.794. The lowest BCUT2D eigenvalue weighted by atomic mass is 10.1. The number of ketones is 1. The average Bonchev–Trinajstić information content (AvgIpc) is 2.67. The molecule has 0 aromatic heterocycles. The van der Waals surface area contributed by atoms with Gasteiger partial charge in [0.2, 0.25) is 10.0 Å². The SMILES string of the molecule is CCS(=O)(=O)N1C[C@H](C(=O)Nc2cccc(C(C)=O)c2)Oc2ccccc21. The number of ether oxygens (including phenoxy) is 1. The molecule has 0 spiro atoms. The second-order valence-electron chi connectivity index (χ2n) is 6.13. The number of hydrogen-bond acceptors (Lipinski definition) is 5. The van der Waals surface area contributed by atoms with Crippen LogP contribution in [0, 0.1) is 0 Å². The molecule has 7 nitrogen and oxygen atoms in total. The first-order chi connectivity index (χ1) is 12.8. The van der Waals surface area contributed by atoms with Crippen LogP contribution in [-0.2, 0) is 14.8 Å². The number of nitrogens with zero attached hydrogens (tertiary/aromatic N) is 1. The molecule has 8 heteroatoms. The molecule has 0 aliphatic carbocycles. The van der Waals surface area contributed by atoms with E-state index in [0.717, 1.165) is 0 Å². The van der Waals surface area contributed by atoms with Crippen molar-refractivity contribution in [2.24, 2.45) is 0 Å². The molecule has 1 heterocycles. The summed E-state index contributed by atoms with van der Waals surface area (Å²) < 4.78 is 31.9. The zero-order chi connectivity index (χ0) is 19.6. The van der Waals surface area contributed by atoms with Gasteiger partial charge in [0.1, 0.15) is 5.75 Å². The second kappa shape index (κ2) is 7.40. The summed E-state index contributed by atoms with van der Waals surface area (Å²) in [7, 11) is -3.56. The number of hydrogen-bond donors (Lipinski definition) is 1. The van der Waals surface area contributed by atoms with Crippen LogP contribution in [0.5, 0.6) is 5.75 Å². The maximum Gasteiger partial charge on any atom is 0.267 e. The third-order valence-electron chi connectivity index (χ3n) is 4.26. The highest BCUT2D eigenvalue weighted by atomic mass is 32.2. The molecule has 1 aliphatic rings. The highest BCUT2D eigenvalue weighted by molar-refractivity contribution is 7.92. The van der Waals surface area contributed by atoms with Crippen LogP contribution in [0.2, 0.25) is 0 Å². The molecular formula is C19H20N2O5S. The lowest BCUT2D eigenvalue weighted by molar-refractivity contribution is -0.122. The van der Waals surface area contributed by atoms with Gasteiger partial charge in [-0.25, -0.2) is 8.42 Å². The Hall–Kier alpha value is -2.87. The van der Waals surface area contributed by atoms with E-state index in [2.05, 4.69) is 5.32 Å². The number of anilines is 2. The fourth-order valence-corrected chi connectivity index (χ4v) is 3.92. The number of sulfonamides is 1. The van der Waals surface area contributed by atoms with E-state index in [-0.39, 0.29) is 18.1 Å². The number of carbonyl (C=O) groups is 2. The Labute approximate surface area is 158 Å². The van der Waals surface area contributed by atoms with Crippen LogP contribution in [-0.4, -0.2) is 38.5 Å². The summed E-state index contributed by atoms with van der Waals surface area (Å²) >= 11 is 0. The average molecular weight is 388 g/mol. The van der Waals surface area contributed by atoms with Crippen LogP contribution in [0.15, 0.2) is 48.5 Å². The first-order valence-corrected chi connectivity index (χ1v) is 10.1. The van der Waals surface area contributed by atoms with E-state index in [9.17, 15) is 18.0 Å². The molecule has 2 aromatic rings. The Balaban J connectivity index is 1.86. The standard InChI is InChI=1S/C19H20N2O5S/c1-3-27(24,25)21-12-18(26-17-10-5-4-9-16(17)21)19(23)20-15-8-6-7-14(11-15)13(2)22/h4-11,18H,3,12H2,1-2H3,(H,20,23)/t18-/m1/s1. The van der Waals surface area contributed by atoms with Gasteiger partial charge in [-0.1, -0.05) is 24.3 Å². The molecule has 0 fully saturated rings. The molecule has 1 aliphatic heterocycles. The zero-order valence-electron chi connectivity index (χ0n) is 15.0. The maximum atomic E-state index is 12.7. The highest BCUT2D eigenvalue weighted by Gasteiger charge is 2.35. The van der Waals surface area contributed by atoms with Gasteiger partial charge in [-0.3, -0.25) is 13.9 Å². The molecule has 0 saturated carbocycles. The van der Waals surface area contributed by atoms with Crippen molar-refractivity contribution in [3.05, 3.63) is 54.1 Å². The van der Waals surface area contributed by atoms with Crippen molar-refractivity contribution >= 4 is 33.1 Å². The third-order valence-corrected chi connectivity index (χ3v) is 6.01. The largest absolute Gasteiger partial charge is 0.476 e. The van der Waals surface area contributed by atoms with E-state index >= 15 is 0 Å². The van der Waals surface area contributed by atoms with E-state index in [1.807, 2.05) is 0 Å². The van der Waals surface area contributed by atoms with E-state index < -0.39 is 22.0 Å². The highest BCUT2D eigenvalue weighted by Crippen LogP contribution is 2.35. The molecule has 2 aromatic carbocycles. The van der Waals surface area contributed by atoms with E-state index in [1.165, 1.54) is 11.2 Å². The number of para-hydroxylation sites is 2. The van der Waals surface area contributed by atoms with Crippen molar-refractivity contribution in [2.45, 2.75) is 20.0 Å². The van der Waals surface area contributed by atoms with Gasteiger partial charge in [0.15, 0.2) is 11.9 Å². The molecular weight excluding hydrogens is 368 g/mol. The van der Waals surface area contributed by atoms with E-state index in [0.29, 0.717) is 22.7 Å². The number of Topliss-reactive ketones (excluding diaryl/α,β-unsaturated/α-hetero) is 1. The van der Waals surface area contributed by atoms with Crippen molar-refractivity contribution < 1.29 is 22.7 Å². The monoisotopic (exact) mass is 388 g/mol. The van der Waals surface area contributed by atoms with Crippen molar-refractivity contribution in [2.75, 3.05) is 21.9 Å². The van der Waals surface area contributed by atoms with Crippen LogP contribution >= 0.6 is 0 Å². The lowest BCUT2D eigenvalue weighted by Crippen LogP contribution is -2.49. The Morgan fingerprint density at radius 2 is 1.93 bits per heavy atom. The molecule has 27 heavy (non-hydrogen) atoms. The number of nitrogens with one attached hydrogen (secondary N) is 1. The van der Waals surface area contributed by atoms with E-state index in [4.69, 9.17) is 4.74 Å². The van der Waals surface area contributed by atoms with Gasteiger partial charge in [-0.2, -0.15) is 0 Å². The molecule has 1 amide bonds. The maximum absolute atomic E-state index is 12.7. The van der Waals surface area contributed by atoms with Crippen LogP contribution in [0.25, 0.3) is 0 Å². The summed E-state index contributed by atoms with van der Waals surface area (Å²) in [6, 6.07) is 13.2. The van der Waals surface area contributed by atoms with Crippen LogP contribution in [0.1, 0.15) is 24.2 Å². The van der Waals surface area contributed by atoms with Crippen molar-refractivity contribution in [1.82, 2.24) is 0 Å². The fraction of sp³-hybridized carbons (Fsp3) is 0.263. The van der Waals surface area contributed by atoms with Crippen LogP contribution in [0.4, 0.5) is 11.4 Å². The minimum atomic E-state index is -3.56. The van der Waals surface area contributed by atoms with Crippen LogP contribution < -0.4 is 14.4 Å². The Morgan fingerprint density at radius 1 is 1.19 bits per heavy atom. The van der Waals surface area contributed by atoms with Crippen molar-refractivity contribution in [3.63, 3.8) is 0 Å². The van der Waals surface area contributed by atoms with Gasteiger partial charge in [-0.05, 0) is 38.1 Å². The Kier molecular flexibility index (Phi) is 5.18. The summed E-state index contributed by atoms with van der Waals surface area (Å²) in [5.41, 5.74) is 1.33. The molecule has 1 atom stereocenters. The van der Waals surface area contributed by atoms with Gasteiger partial charge in [0, 0.05) is 11.3 Å². The Morgan fingerprint density at radius 3 is 2.63 bits per heavy atom. The molecule has 0 bridgehead atoms. The summed E-state index contributed by atoms with van der Waals surface area (Å²) in [6.45, 7) is 2.87. The first-order valence-electron chi connectivity index (χ1n) is 8.50. The predicted molar refractivity (Wildman–Crippen MR) is 103 cm³/mol. The molecule has 0 unspecified atom stereocenters. The van der Waals surface area contributed by atoms with Crippen molar-refractivity contribution in [1.29, 1.82) is 0 Å².